The summed E-state index contributed by atoms with van der Waals surface area (Å²) in [4.78, 5) is 53.6. The van der Waals surface area contributed by atoms with E-state index in [1.54, 1.807) is 104 Å². The van der Waals surface area contributed by atoms with Gasteiger partial charge in [-0.1, -0.05) is 48.5 Å². The number of aliphatic carboxylic acids is 4. The molecule has 0 bridgehead atoms. The van der Waals surface area contributed by atoms with Gasteiger partial charge in [-0.2, -0.15) is 0 Å². The molecule has 0 aliphatic carbocycles. The Bertz CT molecular complexity index is 1890. The number of hydrogen-bond acceptors (Lipinski definition) is 8. The first-order chi connectivity index (χ1) is 28.4. The second kappa shape index (κ2) is 19.6. The Morgan fingerprint density at radius 2 is 0.508 bits per heavy atom. The second-order valence-corrected chi connectivity index (χ2v) is 17.6. The number of hydrogen-bond donors (Lipinski definition) is 8. The molecular formula is C49H60O12. The van der Waals surface area contributed by atoms with Crippen LogP contribution in [0.5, 0.6) is 23.0 Å². The number of carboxylic acids is 4. The summed E-state index contributed by atoms with van der Waals surface area (Å²) in [5.74, 6) is -9.68. The largest absolute Gasteiger partial charge is 0.507 e. The lowest BCUT2D eigenvalue weighted by molar-refractivity contribution is -0.147. The van der Waals surface area contributed by atoms with Crippen LogP contribution in [0.15, 0.2) is 48.5 Å². The SMILES string of the molecule is Cc1cc(CC(CC(CC(Cc2cc(C)c(O)c(C)c2)C(=O)O)(CC(Cc2cc(C)c(O)c(C)c2)C(=O)O)CC(Cc2cc(C)c(O)c(C)c2)C(=O)O)C(=O)O)cc(C)c1O. The van der Waals surface area contributed by atoms with Crippen LogP contribution >= 0.6 is 0 Å². The first-order valence-corrected chi connectivity index (χ1v) is 20.5. The molecule has 0 aliphatic heterocycles. The lowest BCUT2D eigenvalue weighted by Crippen LogP contribution is -2.40. The van der Waals surface area contributed by atoms with Gasteiger partial charge in [0.15, 0.2) is 0 Å². The molecule has 12 heteroatoms. The van der Waals surface area contributed by atoms with Crippen molar-refractivity contribution in [3.8, 4) is 23.0 Å². The smallest absolute Gasteiger partial charge is 0.306 e. The molecule has 0 amide bonds. The minimum atomic E-state index is -1.54. The third kappa shape index (κ3) is 12.0. The summed E-state index contributed by atoms with van der Waals surface area (Å²) >= 11 is 0. The molecule has 4 atom stereocenters. The van der Waals surface area contributed by atoms with Crippen molar-refractivity contribution >= 4 is 23.9 Å². The van der Waals surface area contributed by atoms with Crippen LogP contribution in [0.4, 0.5) is 0 Å². The van der Waals surface area contributed by atoms with Gasteiger partial charge in [-0.15, -0.1) is 0 Å². The summed E-state index contributed by atoms with van der Waals surface area (Å²) in [7, 11) is 0. The lowest BCUT2D eigenvalue weighted by atomic mass is 9.62. The summed E-state index contributed by atoms with van der Waals surface area (Å²) < 4.78 is 0. The second-order valence-electron chi connectivity index (χ2n) is 17.6. The van der Waals surface area contributed by atoms with Gasteiger partial charge in [0.25, 0.3) is 0 Å². The van der Waals surface area contributed by atoms with Crippen LogP contribution in [0, 0.1) is 84.5 Å². The molecule has 4 unspecified atom stereocenters. The molecular weight excluding hydrogens is 781 g/mol. The third-order valence-corrected chi connectivity index (χ3v) is 12.2. The average molecular weight is 841 g/mol. The third-order valence-electron chi connectivity index (χ3n) is 12.2. The van der Waals surface area contributed by atoms with Crippen molar-refractivity contribution in [3.05, 3.63) is 115 Å². The van der Waals surface area contributed by atoms with Crippen LogP contribution in [0.1, 0.15) is 92.4 Å². The van der Waals surface area contributed by atoms with Crippen LogP contribution in [0.2, 0.25) is 0 Å². The van der Waals surface area contributed by atoms with Crippen molar-refractivity contribution in [1.29, 1.82) is 0 Å². The van der Waals surface area contributed by atoms with E-state index >= 15 is 0 Å². The van der Waals surface area contributed by atoms with Gasteiger partial charge in [-0.3, -0.25) is 19.2 Å². The molecule has 0 aromatic heterocycles. The maximum atomic E-state index is 13.4. The van der Waals surface area contributed by atoms with E-state index in [0.29, 0.717) is 66.8 Å². The number of benzene rings is 4. The van der Waals surface area contributed by atoms with Crippen molar-refractivity contribution in [2.45, 2.75) is 107 Å². The van der Waals surface area contributed by atoms with E-state index in [1.165, 1.54) is 0 Å². The van der Waals surface area contributed by atoms with Crippen molar-refractivity contribution in [1.82, 2.24) is 0 Å². The van der Waals surface area contributed by atoms with Gasteiger partial charge in [-0.25, -0.2) is 0 Å². The minimum Gasteiger partial charge on any atom is -0.507 e. The molecule has 0 radical (unpaired) electrons. The van der Waals surface area contributed by atoms with Crippen molar-refractivity contribution in [2.24, 2.45) is 29.1 Å². The Morgan fingerprint density at radius 3 is 0.639 bits per heavy atom. The predicted octanol–water partition coefficient (Wildman–Crippen LogP) is 8.60. The fraction of sp³-hybridized carbons (Fsp3) is 0.429. The summed E-state index contributed by atoms with van der Waals surface area (Å²) in [6, 6.07) is 13.3. The highest BCUT2D eigenvalue weighted by Gasteiger charge is 2.45. The average Bonchev–Trinajstić information content (AvgIpc) is 3.15. The lowest BCUT2D eigenvalue weighted by Gasteiger charge is -2.41. The number of rotatable bonds is 20. The number of carbonyl (C=O) groups is 4. The molecule has 12 nitrogen and oxygen atoms in total. The number of aryl methyl sites for hydroxylation is 8. The quantitative estimate of drug-likeness (QED) is 0.0418. The summed E-state index contributed by atoms with van der Waals surface area (Å²) in [6.45, 7) is 13.5. The van der Waals surface area contributed by atoms with Gasteiger partial charge < -0.3 is 40.9 Å². The minimum absolute atomic E-state index is 0.0574. The van der Waals surface area contributed by atoms with Gasteiger partial charge in [0, 0.05) is 0 Å². The zero-order chi connectivity index (χ0) is 45.7. The van der Waals surface area contributed by atoms with Gasteiger partial charge >= 0.3 is 23.9 Å². The summed E-state index contributed by atoms with van der Waals surface area (Å²) in [5, 5.41) is 85.7. The fourth-order valence-corrected chi connectivity index (χ4v) is 9.37. The maximum Gasteiger partial charge on any atom is 0.306 e. The molecule has 61 heavy (non-hydrogen) atoms. The zero-order valence-electron chi connectivity index (χ0n) is 36.3. The molecule has 0 spiro atoms. The van der Waals surface area contributed by atoms with E-state index in [0.717, 1.165) is 0 Å². The molecule has 0 heterocycles. The van der Waals surface area contributed by atoms with Crippen LogP contribution < -0.4 is 0 Å². The zero-order valence-corrected chi connectivity index (χ0v) is 36.3. The van der Waals surface area contributed by atoms with Crippen molar-refractivity contribution < 1.29 is 60.0 Å². The van der Waals surface area contributed by atoms with Gasteiger partial charge in [-0.05, 0) is 179 Å². The number of carboxylic acid groups (broad SMARTS) is 4. The Balaban J connectivity index is 1.98. The van der Waals surface area contributed by atoms with E-state index in [-0.39, 0.29) is 74.4 Å². The van der Waals surface area contributed by atoms with Gasteiger partial charge in [0.05, 0.1) is 23.7 Å². The molecule has 0 fully saturated rings. The highest BCUT2D eigenvalue weighted by atomic mass is 16.4. The van der Waals surface area contributed by atoms with Gasteiger partial charge in [0.2, 0.25) is 0 Å². The number of phenols is 4. The normalized spacial score (nSPS) is 14.4. The Labute approximate surface area is 357 Å². The maximum absolute atomic E-state index is 13.4. The number of aromatic hydroxyl groups is 4. The Hall–Kier alpha value is -6.04. The van der Waals surface area contributed by atoms with E-state index in [9.17, 15) is 60.0 Å². The molecule has 4 aromatic carbocycles. The van der Waals surface area contributed by atoms with Crippen molar-refractivity contribution in [2.75, 3.05) is 0 Å². The van der Waals surface area contributed by atoms with E-state index in [1.807, 2.05) is 0 Å². The first kappa shape index (κ1) is 47.6. The van der Waals surface area contributed by atoms with Gasteiger partial charge in [0.1, 0.15) is 23.0 Å². The Morgan fingerprint density at radius 1 is 0.361 bits per heavy atom. The number of phenolic OH excluding ortho intramolecular Hbond substituents is 4. The molecule has 4 aromatic rings. The molecule has 0 saturated carbocycles. The van der Waals surface area contributed by atoms with E-state index < -0.39 is 53.0 Å². The molecule has 4 rings (SSSR count). The predicted molar refractivity (Wildman–Crippen MR) is 231 cm³/mol. The van der Waals surface area contributed by atoms with Crippen LogP contribution in [0.25, 0.3) is 0 Å². The van der Waals surface area contributed by atoms with Crippen LogP contribution in [-0.4, -0.2) is 64.7 Å². The molecule has 0 saturated heterocycles. The van der Waals surface area contributed by atoms with E-state index in [4.69, 9.17) is 0 Å². The monoisotopic (exact) mass is 840 g/mol. The highest BCUT2D eigenvalue weighted by molar-refractivity contribution is 5.74. The molecule has 0 aliphatic rings. The van der Waals surface area contributed by atoms with Crippen LogP contribution in [-0.2, 0) is 44.9 Å². The summed E-state index contributed by atoms with van der Waals surface area (Å²) in [6.07, 6.45) is -1.43. The molecule has 328 valence electrons. The summed E-state index contributed by atoms with van der Waals surface area (Å²) in [5.41, 5.74) is 4.93. The van der Waals surface area contributed by atoms with Crippen LogP contribution in [0.3, 0.4) is 0 Å². The topological polar surface area (TPSA) is 230 Å². The molecule has 8 N–H and O–H groups in total. The highest BCUT2D eigenvalue weighted by Crippen LogP contribution is 2.48. The first-order valence-electron chi connectivity index (χ1n) is 20.5. The Kier molecular flexibility index (Phi) is 15.3. The van der Waals surface area contributed by atoms with E-state index in [2.05, 4.69) is 0 Å². The standard InChI is InChI=1S/C49H60O12/c1-25-9-33(10-26(2)41(25)50)17-37(45(54)55)21-49(22-38(46(56)57)18-34-11-27(3)42(51)28(4)12-34,23-39(47(58)59)19-35-13-29(5)43(52)30(6)14-35)24-40(48(60)61)20-36-15-31(7)44(53)32(8)16-36/h9-16,37-40,50-53H,17-24H2,1-8H3,(H,54,55)(H,56,57)(H,58,59)(H,60,61). The fourth-order valence-electron chi connectivity index (χ4n) is 9.37. The van der Waals surface area contributed by atoms with Crippen molar-refractivity contribution in [3.63, 3.8) is 0 Å².